The first kappa shape index (κ1) is 19.0. The van der Waals surface area contributed by atoms with Crippen molar-refractivity contribution in [1.82, 2.24) is 15.2 Å². The zero-order chi connectivity index (χ0) is 19.4. The summed E-state index contributed by atoms with van der Waals surface area (Å²) in [6, 6.07) is 9.58. The average Bonchev–Trinajstić information content (AvgIpc) is 3.15. The molecule has 5 nitrogen and oxygen atoms in total. The highest BCUT2D eigenvalue weighted by Crippen LogP contribution is 2.27. The Hall–Kier alpha value is -2.76. The minimum absolute atomic E-state index is 0.000369. The summed E-state index contributed by atoms with van der Waals surface area (Å²) in [5.41, 5.74) is 1.73. The number of aromatic nitrogens is 1. The molecule has 27 heavy (non-hydrogen) atoms. The Morgan fingerprint density at radius 2 is 2.07 bits per heavy atom. The molecule has 0 spiro atoms. The number of amides is 2. The fraction of sp³-hybridized carbons (Fsp3) is 0.381. The summed E-state index contributed by atoms with van der Waals surface area (Å²) in [6.45, 7) is 2.64. The molecule has 0 saturated heterocycles. The topological polar surface area (TPSA) is 62.3 Å². The minimum Gasteiger partial charge on any atom is -0.349 e. The predicted molar refractivity (Wildman–Crippen MR) is 102 cm³/mol. The van der Waals surface area contributed by atoms with Crippen LogP contribution in [0.1, 0.15) is 36.5 Å². The summed E-state index contributed by atoms with van der Waals surface area (Å²) < 4.78 is 13.3. The van der Waals surface area contributed by atoms with Crippen LogP contribution in [0.4, 0.5) is 4.39 Å². The summed E-state index contributed by atoms with van der Waals surface area (Å²) in [5, 5.41) is 3.00. The number of halogens is 1. The Morgan fingerprint density at radius 1 is 1.26 bits per heavy atom. The number of pyridine rings is 1. The smallest absolute Gasteiger partial charge is 0.253 e. The van der Waals surface area contributed by atoms with Gasteiger partial charge in [0.05, 0.1) is 11.3 Å². The van der Waals surface area contributed by atoms with Crippen LogP contribution < -0.4 is 5.32 Å². The van der Waals surface area contributed by atoms with Crippen molar-refractivity contribution in [2.45, 2.75) is 32.2 Å². The quantitative estimate of drug-likeness (QED) is 0.880. The lowest BCUT2D eigenvalue weighted by Gasteiger charge is -2.19. The Balaban J connectivity index is 1.60. The van der Waals surface area contributed by atoms with Crippen LogP contribution in [0.2, 0.25) is 0 Å². The van der Waals surface area contributed by atoms with Gasteiger partial charge in [-0.25, -0.2) is 4.39 Å². The van der Waals surface area contributed by atoms with Crippen LogP contribution in [0.15, 0.2) is 42.6 Å². The monoisotopic (exact) mass is 369 g/mol. The van der Waals surface area contributed by atoms with Crippen LogP contribution in [0.25, 0.3) is 11.3 Å². The van der Waals surface area contributed by atoms with Crippen molar-refractivity contribution >= 4 is 11.8 Å². The van der Waals surface area contributed by atoms with E-state index in [4.69, 9.17) is 0 Å². The highest BCUT2D eigenvalue weighted by atomic mass is 19.1. The van der Waals surface area contributed by atoms with Gasteiger partial charge in [-0.1, -0.05) is 12.1 Å². The Bertz CT molecular complexity index is 822. The first-order chi connectivity index (χ1) is 13.0. The molecule has 2 unspecified atom stereocenters. The van der Waals surface area contributed by atoms with Gasteiger partial charge in [0, 0.05) is 37.3 Å². The fourth-order valence-electron chi connectivity index (χ4n) is 3.42. The van der Waals surface area contributed by atoms with Crippen LogP contribution in [0.3, 0.4) is 0 Å². The molecule has 1 heterocycles. The summed E-state index contributed by atoms with van der Waals surface area (Å²) in [6.07, 6.45) is 3.77. The van der Waals surface area contributed by atoms with E-state index in [1.807, 2.05) is 6.92 Å². The molecule has 1 N–H and O–H groups in total. The number of hydrogen-bond donors (Lipinski definition) is 1. The fourth-order valence-corrected chi connectivity index (χ4v) is 3.42. The van der Waals surface area contributed by atoms with Crippen LogP contribution in [-0.2, 0) is 4.79 Å². The largest absolute Gasteiger partial charge is 0.349 e. The first-order valence-corrected chi connectivity index (χ1v) is 9.25. The third-order valence-corrected chi connectivity index (χ3v) is 5.11. The van der Waals surface area contributed by atoms with Crippen molar-refractivity contribution in [3.8, 4) is 11.3 Å². The number of hydrogen-bond acceptors (Lipinski definition) is 3. The van der Waals surface area contributed by atoms with E-state index in [0.29, 0.717) is 29.8 Å². The van der Waals surface area contributed by atoms with Gasteiger partial charge in [-0.3, -0.25) is 14.6 Å². The van der Waals surface area contributed by atoms with E-state index < -0.39 is 0 Å². The van der Waals surface area contributed by atoms with Crippen molar-refractivity contribution in [2.75, 3.05) is 13.6 Å². The van der Waals surface area contributed by atoms with Gasteiger partial charge in [-0.05, 0) is 50.5 Å². The lowest BCUT2D eigenvalue weighted by atomic mass is 10.1. The maximum atomic E-state index is 13.3. The summed E-state index contributed by atoms with van der Waals surface area (Å²) in [7, 11) is 1.81. The number of benzene rings is 1. The molecular formula is C21H24FN3O2. The molecule has 1 aromatic heterocycles. The van der Waals surface area contributed by atoms with Crippen molar-refractivity contribution in [3.63, 3.8) is 0 Å². The molecule has 0 radical (unpaired) electrons. The third kappa shape index (κ3) is 4.51. The molecule has 2 atom stereocenters. The molecule has 2 amide bonds. The second kappa shape index (κ2) is 8.29. The van der Waals surface area contributed by atoms with Crippen molar-refractivity contribution in [3.05, 3.63) is 54.0 Å². The van der Waals surface area contributed by atoms with Crippen molar-refractivity contribution < 1.29 is 14.0 Å². The highest BCUT2D eigenvalue weighted by Gasteiger charge is 2.32. The average molecular weight is 369 g/mol. The molecule has 1 aromatic carbocycles. The van der Waals surface area contributed by atoms with Gasteiger partial charge in [-0.2, -0.15) is 0 Å². The molecule has 142 valence electrons. The maximum Gasteiger partial charge on any atom is 0.253 e. The van der Waals surface area contributed by atoms with E-state index in [1.165, 1.54) is 18.3 Å². The standard InChI is InChI=1S/C21H24FN3O2/c1-3-25(2)21(27)15-7-9-18(12-15)24-20(26)16-8-10-19(23-13-16)14-5-4-6-17(22)11-14/h4-6,8,10-11,13,15,18H,3,7,9,12H2,1-2H3,(H,24,26). The van der Waals surface area contributed by atoms with E-state index in [0.717, 1.165) is 12.8 Å². The number of nitrogens with one attached hydrogen (secondary N) is 1. The van der Waals surface area contributed by atoms with E-state index in [9.17, 15) is 14.0 Å². The van der Waals surface area contributed by atoms with Gasteiger partial charge in [0.1, 0.15) is 5.82 Å². The first-order valence-electron chi connectivity index (χ1n) is 9.25. The zero-order valence-corrected chi connectivity index (χ0v) is 15.6. The van der Waals surface area contributed by atoms with Crippen LogP contribution in [0, 0.1) is 11.7 Å². The predicted octanol–water partition coefficient (Wildman–Crippen LogP) is 3.26. The molecule has 1 saturated carbocycles. The lowest BCUT2D eigenvalue weighted by molar-refractivity contribution is -0.133. The molecule has 6 heteroatoms. The van der Waals surface area contributed by atoms with E-state index in [2.05, 4.69) is 10.3 Å². The number of carbonyl (C=O) groups excluding carboxylic acids is 2. The van der Waals surface area contributed by atoms with Crippen LogP contribution in [0.5, 0.6) is 0 Å². The minimum atomic E-state index is -0.324. The van der Waals surface area contributed by atoms with E-state index in [-0.39, 0.29) is 29.6 Å². The maximum absolute atomic E-state index is 13.3. The molecule has 0 aliphatic heterocycles. The Morgan fingerprint density at radius 3 is 2.74 bits per heavy atom. The summed E-state index contributed by atoms with van der Waals surface area (Å²) >= 11 is 0. The third-order valence-electron chi connectivity index (χ3n) is 5.11. The second-order valence-corrected chi connectivity index (χ2v) is 6.98. The SMILES string of the molecule is CCN(C)C(=O)C1CCC(NC(=O)c2ccc(-c3cccc(F)c3)nc2)C1. The zero-order valence-electron chi connectivity index (χ0n) is 15.6. The van der Waals surface area contributed by atoms with Gasteiger partial charge in [-0.15, -0.1) is 0 Å². The molecule has 0 bridgehead atoms. The highest BCUT2D eigenvalue weighted by molar-refractivity contribution is 5.94. The number of carbonyl (C=O) groups is 2. The van der Waals surface area contributed by atoms with E-state index >= 15 is 0 Å². The summed E-state index contributed by atoms with van der Waals surface area (Å²) in [5.74, 6) is -0.394. The van der Waals surface area contributed by atoms with Gasteiger partial charge < -0.3 is 10.2 Å². The second-order valence-electron chi connectivity index (χ2n) is 6.98. The Labute approximate surface area is 158 Å². The van der Waals surface area contributed by atoms with Gasteiger partial charge in [0.2, 0.25) is 5.91 Å². The molecule has 1 fully saturated rings. The molecule has 2 aromatic rings. The van der Waals surface area contributed by atoms with Gasteiger partial charge in [0.25, 0.3) is 5.91 Å². The van der Waals surface area contributed by atoms with Gasteiger partial charge >= 0.3 is 0 Å². The van der Waals surface area contributed by atoms with Gasteiger partial charge in [0.15, 0.2) is 0 Å². The molecular weight excluding hydrogens is 345 g/mol. The lowest BCUT2D eigenvalue weighted by Crippen LogP contribution is -2.35. The van der Waals surface area contributed by atoms with Crippen molar-refractivity contribution in [2.24, 2.45) is 5.92 Å². The normalized spacial score (nSPS) is 18.9. The number of nitrogens with zero attached hydrogens (tertiary/aromatic N) is 2. The summed E-state index contributed by atoms with van der Waals surface area (Å²) in [4.78, 5) is 30.7. The van der Waals surface area contributed by atoms with Crippen LogP contribution >= 0.6 is 0 Å². The Kier molecular flexibility index (Phi) is 5.84. The molecule has 1 aliphatic carbocycles. The van der Waals surface area contributed by atoms with E-state index in [1.54, 1.807) is 36.2 Å². The van der Waals surface area contributed by atoms with Crippen molar-refractivity contribution in [1.29, 1.82) is 0 Å². The molecule has 3 rings (SSSR count). The molecule has 1 aliphatic rings. The number of rotatable bonds is 5. The van der Waals surface area contributed by atoms with Crippen LogP contribution in [-0.4, -0.2) is 41.3 Å².